The maximum Gasteiger partial charge on any atom is 0.295 e. The lowest BCUT2D eigenvalue weighted by Gasteiger charge is -2.26. The molecule has 1 aliphatic rings. The van der Waals surface area contributed by atoms with E-state index in [0.717, 1.165) is 11.1 Å². The van der Waals surface area contributed by atoms with Gasteiger partial charge < -0.3 is 19.3 Å². The summed E-state index contributed by atoms with van der Waals surface area (Å²) < 4.78 is 7.13. The number of aliphatic hydroxyl groups is 1. The third-order valence-electron chi connectivity index (χ3n) is 6.37. The molecule has 0 bridgehead atoms. The van der Waals surface area contributed by atoms with Crippen molar-refractivity contribution in [3.8, 4) is 5.75 Å². The van der Waals surface area contributed by atoms with Gasteiger partial charge in [0, 0.05) is 31.0 Å². The number of methoxy groups -OCH3 is 1. The molecule has 1 aromatic heterocycles. The molecule has 1 aliphatic heterocycles. The lowest BCUT2D eigenvalue weighted by Crippen LogP contribution is -2.31. The van der Waals surface area contributed by atoms with Crippen LogP contribution >= 0.6 is 0 Å². The van der Waals surface area contributed by atoms with Crippen LogP contribution in [0.3, 0.4) is 0 Å². The second kappa shape index (κ2) is 9.78. The van der Waals surface area contributed by atoms with Crippen LogP contribution in [0.5, 0.6) is 5.75 Å². The topological polar surface area (TPSA) is 84.7 Å². The van der Waals surface area contributed by atoms with Crippen LogP contribution in [0.25, 0.3) is 5.76 Å². The van der Waals surface area contributed by atoms with Gasteiger partial charge in [-0.15, -0.1) is 0 Å². The maximum atomic E-state index is 13.2. The fraction of sp³-hybridized carbons (Fsp3) is 0.321. The molecule has 0 saturated carbocycles. The molecule has 2 aromatic carbocycles. The highest BCUT2D eigenvalue weighted by Crippen LogP contribution is 2.40. The number of rotatable bonds is 7. The molecule has 35 heavy (non-hydrogen) atoms. The number of ether oxygens (including phenoxy) is 1. The summed E-state index contributed by atoms with van der Waals surface area (Å²) in [6.45, 7) is 7.43. The number of Topliss-reactive ketones (excluding diaryl/α,β-unsaturated/α-hetero) is 1. The SMILES string of the molecule is COc1ccc(/C(O)=C2\C(=O)C(=O)N(CCCn3ccnc3)[C@@H]2c2ccc(C(C)(C)C)cc2)cc1. The quantitative estimate of drug-likeness (QED) is 0.305. The number of carbonyl (C=O) groups excluding carboxylic acids is 2. The van der Waals surface area contributed by atoms with Crippen molar-refractivity contribution in [2.45, 2.75) is 45.2 Å². The van der Waals surface area contributed by atoms with Crippen molar-refractivity contribution < 1.29 is 19.4 Å². The minimum absolute atomic E-state index is 0.0335. The van der Waals surface area contributed by atoms with Gasteiger partial charge in [-0.3, -0.25) is 9.59 Å². The molecule has 0 aliphatic carbocycles. The number of amides is 1. The number of carbonyl (C=O) groups is 2. The van der Waals surface area contributed by atoms with Gasteiger partial charge in [0.1, 0.15) is 11.5 Å². The number of hydrogen-bond acceptors (Lipinski definition) is 5. The van der Waals surface area contributed by atoms with Crippen molar-refractivity contribution >= 4 is 17.4 Å². The molecular formula is C28H31N3O4. The molecule has 4 rings (SSSR count). The van der Waals surface area contributed by atoms with E-state index >= 15 is 0 Å². The van der Waals surface area contributed by atoms with Crippen LogP contribution in [0.4, 0.5) is 0 Å². The Morgan fingerprint density at radius 2 is 1.71 bits per heavy atom. The summed E-state index contributed by atoms with van der Waals surface area (Å²) in [5.41, 5.74) is 2.46. The molecule has 3 aromatic rings. The summed E-state index contributed by atoms with van der Waals surface area (Å²) in [5, 5.41) is 11.2. The third kappa shape index (κ3) is 4.99. The summed E-state index contributed by atoms with van der Waals surface area (Å²) in [4.78, 5) is 32.0. The minimum Gasteiger partial charge on any atom is -0.507 e. The molecule has 2 heterocycles. The van der Waals surface area contributed by atoms with Gasteiger partial charge in [0.2, 0.25) is 0 Å². The molecule has 0 radical (unpaired) electrons. The highest BCUT2D eigenvalue weighted by atomic mass is 16.5. The normalized spacial score (nSPS) is 17.7. The van der Waals surface area contributed by atoms with Crippen LogP contribution in [0.2, 0.25) is 0 Å². The lowest BCUT2D eigenvalue weighted by atomic mass is 9.85. The van der Waals surface area contributed by atoms with Gasteiger partial charge >= 0.3 is 0 Å². The first-order chi connectivity index (χ1) is 16.7. The summed E-state index contributed by atoms with van der Waals surface area (Å²) in [6.07, 6.45) is 5.93. The fourth-order valence-corrected chi connectivity index (χ4v) is 4.37. The Bertz CT molecular complexity index is 1220. The number of nitrogens with zero attached hydrogens (tertiary/aromatic N) is 3. The van der Waals surface area contributed by atoms with Gasteiger partial charge in [0.25, 0.3) is 11.7 Å². The van der Waals surface area contributed by atoms with Crippen molar-refractivity contribution in [3.05, 3.63) is 89.5 Å². The van der Waals surface area contributed by atoms with Crippen LogP contribution in [0.15, 0.2) is 72.8 Å². The van der Waals surface area contributed by atoms with Gasteiger partial charge in [-0.2, -0.15) is 0 Å². The van der Waals surface area contributed by atoms with Crippen molar-refractivity contribution in [3.63, 3.8) is 0 Å². The smallest absolute Gasteiger partial charge is 0.295 e. The van der Waals surface area contributed by atoms with E-state index < -0.39 is 17.7 Å². The Hall–Kier alpha value is -3.87. The van der Waals surface area contributed by atoms with E-state index in [1.807, 2.05) is 35.0 Å². The van der Waals surface area contributed by atoms with E-state index in [9.17, 15) is 14.7 Å². The molecule has 1 amide bonds. The van der Waals surface area contributed by atoms with Crippen LogP contribution < -0.4 is 4.74 Å². The van der Waals surface area contributed by atoms with Gasteiger partial charge in [0.15, 0.2) is 0 Å². The molecule has 7 nitrogen and oxygen atoms in total. The van der Waals surface area contributed by atoms with E-state index in [1.165, 1.54) is 0 Å². The second-order valence-corrected chi connectivity index (χ2v) is 9.75. The van der Waals surface area contributed by atoms with E-state index in [2.05, 4.69) is 25.8 Å². The Balaban J connectivity index is 1.73. The first-order valence-corrected chi connectivity index (χ1v) is 11.7. The van der Waals surface area contributed by atoms with E-state index in [4.69, 9.17) is 4.74 Å². The number of imidazole rings is 1. The third-order valence-corrected chi connectivity index (χ3v) is 6.37. The molecule has 182 valence electrons. The number of ketones is 1. The summed E-state index contributed by atoms with van der Waals surface area (Å²) >= 11 is 0. The van der Waals surface area contributed by atoms with E-state index in [0.29, 0.717) is 30.8 Å². The largest absolute Gasteiger partial charge is 0.507 e. The molecule has 1 N–H and O–H groups in total. The molecule has 0 spiro atoms. The van der Waals surface area contributed by atoms with E-state index in [-0.39, 0.29) is 16.7 Å². The average molecular weight is 474 g/mol. The van der Waals surface area contributed by atoms with Gasteiger partial charge in [-0.1, -0.05) is 45.0 Å². The monoisotopic (exact) mass is 473 g/mol. The zero-order valence-corrected chi connectivity index (χ0v) is 20.6. The van der Waals surface area contributed by atoms with Gasteiger partial charge in [-0.25, -0.2) is 4.98 Å². The minimum atomic E-state index is -0.675. The number of likely N-dealkylation sites (tertiary alicyclic amines) is 1. The molecule has 1 saturated heterocycles. The number of aliphatic hydroxyl groups excluding tert-OH is 1. The zero-order chi connectivity index (χ0) is 25.2. The lowest BCUT2D eigenvalue weighted by molar-refractivity contribution is -0.139. The molecule has 7 heteroatoms. The number of hydrogen-bond donors (Lipinski definition) is 1. The maximum absolute atomic E-state index is 13.2. The van der Waals surface area contributed by atoms with Crippen LogP contribution in [-0.4, -0.2) is 44.9 Å². The first kappa shape index (κ1) is 24.3. The molecule has 1 atom stereocenters. The standard InChI is InChI=1S/C28H31N3O4/c1-28(2,3)21-10-6-19(7-11-21)24-23(25(32)20-8-12-22(35-4)13-9-20)26(33)27(34)31(24)16-5-15-30-17-14-29-18-30/h6-14,17-18,24,32H,5,15-16H2,1-4H3/b25-23+/t24-/m1/s1. The fourth-order valence-electron chi connectivity index (χ4n) is 4.37. The van der Waals surface area contributed by atoms with Gasteiger partial charge in [0.05, 0.1) is 25.1 Å². The Morgan fingerprint density at radius 1 is 1.03 bits per heavy atom. The van der Waals surface area contributed by atoms with Crippen LogP contribution in [0.1, 0.15) is 49.9 Å². The van der Waals surface area contributed by atoms with Crippen LogP contribution in [0, 0.1) is 0 Å². The Labute approximate surface area is 205 Å². The number of aryl methyl sites for hydroxylation is 1. The Kier molecular flexibility index (Phi) is 6.78. The van der Waals surface area contributed by atoms with Crippen molar-refractivity contribution in [2.24, 2.45) is 0 Å². The summed E-state index contributed by atoms with van der Waals surface area (Å²) in [7, 11) is 1.56. The molecular weight excluding hydrogens is 442 g/mol. The number of aromatic nitrogens is 2. The Morgan fingerprint density at radius 3 is 2.29 bits per heavy atom. The van der Waals surface area contributed by atoms with E-state index in [1.54, 1.807) is 48.8 Å². The molecule has 1 fully saturated rings. The summed E-state index contributed by atoms with van der Waals surface area (Å²) in [6, 6.07) is 14.0. The summed E-state index contributed by atoms with van der Waals surface area (Å²) in [5.74, 6) is -0.828. The highest BCUT2D eigenvalue weighted by molar-refractivity contribution is 6.46. The first-order valence-electron chi connectivity index (χ1n) is 11.7. The highest BCUT2D eigenvalue weighted by Gasteiger charge is 2.45. The predicted molar refractivity (Wildman–Crippen MR) is 134 cm³/mol. The average Bonchev–Trinajstić information content (AvgIpc) is 3.45. The van der Waals surface area contributed by atoms with Crippen molar-refractivity contribution in [1.82, 2.24) is 14.5 Å². The van der Waals surface area contributed by atoms with Gasteiger partial charge in [-0.05, 0) is 47.2 Å². The number of benzene rings is 2. The predicted octanol–water partition coefficient (Wildman–Crippen LogP) is 4.70. The van der Waals surface area contributed by atoms with Crippen molar-refractivity contribution in [2.75, 3.05) is 13.7 Å². The molecule has 0 unspecified atom stereocenters. The van der Waals surface area contributed by atoms with Crippen LogP contribution in [-0.2, 0) is 21.5 Å². The second-order valence-electron chi connectivity index (χ2n) is 9.75. The zero-order valence-electron chi connectivity index (χ0n) is 20.6. The van der Waals surface area contributed by atoms with Crippen molar-refractivity contribution in [1.29, 1.82) is 0 Å².